The number of carbonyl (C=O) groups excluding carboxylic acids is 2. The number of carbonyl (C=O) groups is 4. The van der Waals surface area contributed by atoms with Crippen LogP contribution in [0.4, 0.5) is 0 Å². The summed E-state index contributed by atoms with van der Waals surface area (Å²) in [6.45, 7) is 3.99. The van der Waals surface area contributed by atoms with E-state index in [1.807, 2.05) is 0 Å². The summed E-state index contributed by atoms with van der Waals surface area (Å²) in [5.41, 5.74) is 0. The first-order chi connectivity index (χ1) is 9.20. The summed E-state index contributed by atoms with van der Waals surface area (Å²) in [6.07, 6.45) is -1.88. The zero-order valence-corrected chi connectivity index (χ0v) is 11.7. The Morgan fingerprint density at radius 2 is 1.70 bits per heavy atom. The fraction of sp³-hybridized carbons (Fsp3) is 0.667. The summed E-state index contributed by atoms with van der Waals surface area (Å²) >= 11 is 0. The van der Waals surface area contributed by atoms with Crippen molar-refractivity contribution in [2.75, 3.05) is 6.54 Å². The normalized spacial score (nSPS) is 13.6. The summed E-state index contributed by atoms with van der Waals surface area (Å²) in [4.78, 5) is 45.5. The molecule has 1 unspecified atom stereocenters. The Hall–Kier alpha value is -1.96. The molecule has 0 aromatic heterocycles. The molecule has 0 aromatic rings. The van der Waals surface area contributed by atoms with Crippen LogP contribution in [0.5, 0.6) is 0 Å². The highest BCUT2D eigenvalue weighted by Gasteiger charge is 2.34. The zero-order valence-electron chi connectivity index (χ0n) is 11.7. The molecule has 0 aliphatic carbocycles. The van der Waals surface area contributed by atoms with E-state index in [-0.39, 0.29) is 19.4 Å². The monoisotopic (exact) mass is 289 g/mol. The van der Waals surface area contributed by atoms with Crippen molar-refractivity contribution in [3.8, 4) is 0 Å². The molecule has 0 aliphatic rings. The summed E-state index contributed by atoms with van der Waals surface area (Å²) in [6, 6.07) is -1.22. The van der Waals surface area contributed by atoms with E-state index in [1.165, 1.54) is 6.92 Å². The Labute approximate surface area is 116 Å². The van der Waals surface area contributed by atoms with Crippen LogP contribution in [0, 0.1) is 0 Å². The predicted octanol–water partition coefficient (Wildman–Crippen LogP) is 0.105. The van der Waals surface area contributed by atoms with Crippen LogP contribution < -0.4 is 0 Å². The van der Waals surface area contributed by atoms with Crippen molar-refractivity contribution in [2.45, 2.75) is 45.9 Å². The van der Waals surface area contributed by atoms with Crippen molar-refractivity contribution in [3.05, 3.63) is 0 Å². The van der Waals surface area contributed by atoms with Gasteiger partial charge in [0.05, 0.1) is 0 Å². The van der Waals surface area contributed by atoms with Gasteiger partial charge in [-0.05, 0) is 13.3 Å². The van der Waals surface area contributed by atoms with Gasteiger partial charge in [0.2, 0.25) is 6.23 Å². The maximum Gasteiger partial charge on any atom is 0.321 e. The summed E-state index contributed by atoms with van der Waals surface area (Å²) < 4.78 is 4.83. The van der Waals surface area contributed by atoms with E-state index in [4.69, 9.17) is 14.9 Å². The van der Waals surface area contributed by atoms with Crippen LogP contribution in [0.15, 0.2) is 0 Å². The first-order valence-corrected chi connectivity index (χ1v) is 6.08. The lowest BCUT2D eigenvalue weighted by Gasteiger charge is -2.32. The molecule has 0 fully saturated rings. The SMILES string of the molecule is CCN(C(OC(C)=O)C(C)=O)[C@@H](CCC(=O)O)C(=O)O. The Bertz CT molecular complexity index is 393. The maximum absolute atomic E-state index is 11.5. The summed E-state index contributed by atoms with van der Waals surface area (Å²) in [5, 5.41) is 17.8. The van der Waals surface area contributed by atoms with E-state index >= 15 is 0 Å². The highest BCUT2D eigenvalue weighted by molar-refractivity contribution is 5.84. The highest BCUT2D eigenvalue weighted by Crippen LogP contribution is 2.14. The van der Waals surface area contributed by atoms with Gasteiger partial charge in [-0.1, -0.05) is 6.92 Å². The van der Waals surface area contributed by atoms with Gasteiger partial charge in [-0.3, -0.25) is 19.2 Å². The van der Waals surface area contributed by atoms with Gasteiger partial charge < -0.3 is 14.9 Å². The van der Waals surface area contributed by atoms with Crippen molar-refractivity contribution in [1.82, 2.24) is 4.90 Å². The number of ether oxygens (including phenoxy) is 1. The third kappa shape index (κ3) is 5.79. The van der Waals surface area contributed by atoms with E-state index in [2.05, 4.69) is 0 Å². The van der Waals surface area contributed by atoms with Gasteiger partial charge in [0.1, 0.15) is 6.04 Å². The predicted molar refractivity (Wildman–Crippen MR) is 66.9 cm³/mol. The standard InChI is InChI=1S/C12H19NO7/c1-4-13(11(7(2)14)20-8(3)15)9(12(18)19)5-6-10(16)17/h9,11H,4-6H2,1-3H3,(H,16,17)(H,18,19)/t9-,11?/m0/s1. The Morgan fingerprint density at radius 1 is 1.15 bits per heavy atom. The number of Topliss-reactive ketones (excluding diaryl/α,β-unsaturated/α-hetero) is 1. The van der Waals surface area contributed by atoms with Crippen LogP contribution in [-0.4, -0.2) is 57.6 Å². The highest BCUT2D eigenvalue weighted by atomic mass is 16.6. The summed E-state index contributed by atoms with van der Waals surface area (Å²) in [7, 11) is 0. The minimum atomic E-state index is -1.33. The number of ketones is 1. The van der Waals surface area contributed by atoms with Crippen molar-refractivity contribution in [1.29, 1.82) is 0 Å². The Kier molecular flexibility index (Phi) is 7.45. The minimum Gasteiger partial charge on any atom is -0.481 e. The molecule has 0 saturated heterocycles. The van der Waals surface area contributed by atoms with Gasteiger partial charge in [-0.2, -0.15) is 0 Å². The molecule has 8 heteroatoms. The number of esters is 1. The van der Waals surface area contributed by atoms with Crippen LogP contribution in [0.1, 0.15) is 33.6 Å². The maximum atomic E-state index is 11.5. The molecule has 0 spiro atoms. The number of nitrogens with zero attached hydrogens (tertiary/aromatic N) is 1. The number of carboxylic acids is 2. The van der Waals surface area contributed by atoms with Crippen molar-refractivity contribution in [3.63, 3.8) is 0 Å². The fourth-order valence-electron chi connectivity index (χ4n) is 1.78. The molecule has 2 atom stereocenters. The molecular weight excluding hydrogens is 270 g/mol. The van der Waals surface area contributed by atoms with Crippen LogP contribution in [0.2, 0.25) is 0 Å². The average molecular weight is 289 g/mol. The van der Waals surface area contributed by atoms with Gasteiger partial charge in [-0.15, -0.1) is 0 Å². The van der Waals surface area contributed by atoms with Crippen molar-refractivity contribution < 1.29 is 34.1 Å². The molecule has 114 valence electrons. The molecule has 8 nitrogen and oxygen atoms in total. The van der Waals surface area contributed by atoms with Crippen molar-refractivity contribution >= 4 is 23.7 Å². The minimum absolute atomic E-state index is 0.119. The van der Waals surface area contributed by atoms with Gasteiger partial charge in [-0.25, -0.2) is 4.90 Å². The smallest absolute Gasteiger partial charge is 0.321 e. The number of carboxylic acid groups (broad SMARTS) is 2. The first-order valence-electron chi connectivity index (χ1n) is 6.08. The van der Waals surface area contributed by atoms with Crippen LogP contribution in [-0.2, 0) is 23.9 Å². The van der Waals surface area contributed by atoms with Gasteiger partial charge in [0, 0.05) is 19.9 Å². The molecule has 0 rings (SSSR count). The fourth-order valence-corrected chi connectivity index (χ4v) is 1.78. The second-order valence-corrected chi connectivity index (χ2v) is 4.19. The Balaban J connectivity index is 5.19. The van der Waals surface area contributed by atoms with E-state index in [1.54, 1.807) is 6.92 Å². The third-order valence-electron chi connectivity index (χ3n) is 2.61. The van der Waals surface area contributed by atoms with E-state index in [0.717, 1.165) is 11.8 Å². The van der Waals surface area contributed by atoms with Crippen LogP contribution in [0.25, 0.3) is 0 Å². The van der Waals surface area contributed by atoms with Crippen molar-refractivity contribution in [2.24, 2.45) is 0 Å². The van der Waals surface area contributed by atoms with Gasteiger partial charge in [0.25, 0.3) is 0 Å². The van der Waals surface area contributed by atoms with E-state index in [9.17, 15) is 19.2 Å². The molecule has 0 amide bonds. The van der Waals surface area contributed by atoms with Crippen LogP contribution >= 0.6 is 0 Å². The lowest BCUT2D eigenvalue weighted by atomic mass is 10.1. The molecule has 0 saturated carbocycles. The topological polar surface area (TPSA) is 121 Å². The molecule has 0 aliphatic heterocycles. The molecular formula is C12H19NO7. The second kappa shape index (κ2) is 8.26. The Morgan fingerprint density at radius 3 is 2.00 bits per heavy atom. The largest absolute Gasteiger partial charge is 0.481 e. The van der Waals surface area contributed by atoms with E-state index < -0.39 is 36.0 Å². The molecule has 20 heavy (non-hydrogen) atoms. The zero-order chi connectivity index (χ0) is 15.9. The first kappa shape index (κ1) is 18.0. The second-order valence-electron chi connectivity index (χ2n) is 4.19. The summed E-state index contributed by atoms with van der Waals surface area (Å²) in [5.74, 6) is -3.65. The third-order valence-corrected chi connectivity index (χ3v) is 2.61. The average Bonchev–Trinajstić information content (AvgIpc) is 2.30. The number of hydrogen-bond donors (Lipinski definition) is 2. The molecule has 2 N–H and O–H groups in total. The number of aliphatic carboxylic acids is 2. The number of hydrogen-bond acceptors (Lipinski definition) is 6. The van der Waals surface area contributed by atoms with E-state index in [0.29, 0.717) is 0 Å². The number of rotatable bonds is 9. The van der Waals surface area contributed by atoms with Gasteiger partial charge >= 0.3 is 17.9 Å². The van der Waals surface area contributed by atoms with Gasteiger partial charge in [0.15, 0.2) is 5.78 Å². The molecule has 0 radical (unpaired) electrons. The lowest BCUT2D eigenvalue weighted by molar-refractivity contribution is -0.171. The lowest BCUT2D eigenvalue weighted by Crippen LogP contribution is -2.52. The quantitative estimate of drug-likeness (QED) is 0.453. The molecule has 0 aromatic carbocycles. The van der Waals surface area contributed by atoms with Crippen LogP contribution in [0.3, 0.4) is 0 Å². The molecule has 0 bridgehead atoms. The number of likely N-dealkylation sites (N-methyl/N-ethyl adjacent to an activating group) is 1. The molecule has 0 heterocycles.